The number of benzene rings is 2. The van der Waals surface area contributed by atoms with Gasteiger partial charge in [0.2, 0.25) is 5.91 Å². The topological polar surface area (TPSA) is 145 Å². The van der Waals surface area contributed by atoms with Gasteiger partial charge in [-0.15, -0.1) is 11.3 Å². The van der Waals surface area contributed by atoms with Crippen molar-refractivity contribution in [2.75, 3.05) is 33.9 Å². The summed E-state index contributed by atoms with van der Waals surface area (Å²) in [5.41, 5.74) is 0.590. The molecule has 0 saturated heterocycles. The van der Waals surface area contributed by atoms with Crippen molar-refractivity contribution >= 4 is 34.5 Å². The summed E-state index contributed by atoms with van der Waals surface area (Å²) in [6, 6.07) is 10.3. The number of thiophene rings is 1. The standard InChI is InChI=1S/C29H34N4O8S/c1-19(2)16-31(29(35)22-13-23(32(36)37)15-24(14-22)33(38)39)18-28(34)30(17-27-20(3)9-11-42-27)10-8-21-6-7-25(40-4)26(12-21)41-5/h6-7,9,11-15,19H,8,10,16-18H2,1-5H3. The van der Waals surface area contributed by atoms with Gasteiger partial charge in [0.05, 0.1) is 42.2 Å². The third-order valence-corrected chi connectivity index (χ3v) is 7.55. The maximum atomic E-state index is 13.8. The van der Waals surface area contributed by atoms with Gasteiger partial charge in [0.25, 0.3) is 17.3 Å². The summed E-state index contributed by atoms with van der Waals surface area (Å²) < 4.78 is 10.7. The Kier molecular flexibility index (Phi) is 11.0. The number of ether oxygens (including phenoxy) is 2. The summed E-state index contributed by atoms with van der Waals surface area (Å²) in [6.45, 7) is 6.24. The Labute approximate surface area is 247 Å². The number of carbonyl (C=O) groups excluding carboxylic acids is 2. The molecule has 42 heavy (non-hydrogen) atoms. The molecule has 0 atom stereocenters. The quantitative estimate of drug-likeness (QED) is 0.180. The molecule has 3 rings (SSSR count). The molecule has 0 radical (unpaired) electrons. The Morgan fingerprint density at radius 2 is 1.57 bits per heavy atom. The number of hydrogen-bond acceptors (Lipinski definition) is 9. The highest BCUT2D eigenvalue weighted by Crippen LogP contribution is 2.28. The zero-order chi connectivity index (χ0) is 31.0. The highest BCUT2D eigenvalue weighted by molar-refractivity contribution is 7.10. The molecule has 0 fully saturated rings. The summed E-state index contributed by atoms with van der Waals surface area (Å²) in [7, 11) is 3.10. The molecule has 0 saturated carbocycles. The SMILES string of the molecule is COc1ccc(CCN(Cc2sccc2C)C(=O)CN(CC(C)C)C(=O)c2cc([N+](=O)[O-])cc([N+](=O)[O-])c2)cc1OC. The van der Waals surface area contributed by atoms with E-state index >= 15 is 0 Å². The van der Waals surface area contributed by atoms with Crippen LogP contribution >= 0.6 is 11.3 Å². The molecule has 0 spiro atoms. The van der Waals surface area contributed by atoms with E-state index in [0.717, 1.165) is 34.2 Å². The van der Waals surface area contributed by atoms with Gasteiger partial charge in [-0.05, 0) is 54.0 Å². The van der Waals surface area contributed by atoms with Crippen LogP contribution < -0.4 is 9.47 Å². The molecule has 3 aromatic rings. The molecule has 0 unspecified atom stereocenters. The van der Waals surface area contributed by atoms with Gasteiger partial charge in [0.15, 0.2) is 11.5 Å². The molecule has 1 aromatic heterocycles. The second kappa shape index (κ2) is 14.4. The van der Waals surface area contributed by atoms with E-state index in [1.165, 1.54) is 16.2 Å². The second-order valence-electron chi connectivity index (χ2n) is 10.1. The highest BCUT2D eigenvalue weighted by atomic mass is 32.1. The Morgan fingerprint density at radius 3 is 2.10 bits per heavy atom. The van der Waals surface area contributed by atoms with E-state index in [-0.39, 0.29) is 30.5 Å². The van der Waals surface area contributed by atoms with Crippen molar-refractivity contribution in [3.8, 4) is 11.5 Å². The smallest absolute Gasteiger partial charge is 0.277 e. The lowest BCUT2D eigenvalue weighted by Crippen LogP contribution is -2.44. The molecule has 0 aliphatic heterocycles. The van der Waals surface area contributed by atoms with Gasteiger partial charge < -0.3 is 19.3 Å². The van der Waals surface area contributed by atoms with E-state index in [4.69, 9.17) is 9.47 Å². The number of hydrogen-bond donors (Lipinski definition) is 0. The summed E-state index contributed by atoms with van der Waals surface area (Å²) in [5, 5.41) is 24.7. The fourth-order valence-corrected chi connectivity index (χ4v) is 5.29. The first kappa shape index (κ1) is 32.0. The van der Waals surface area contributed by atoms with Gasteiger partial charge in [-0.2, -0.15) is 0 Å². The van der Waals surface area contributed by atoms with Gasteiger partial charge in [0.1, 0.15) is 6.54 Å². The fourth-order valence-electron chi connectivity index (χ4n) is 4.37. The molecule has 1 heterocycles. The number of carbonyl (C=O) groups is 2. The van der Waals surface area contributed by atoms with Crippen molar-refractivity contribution in [1.82, 2.24) is 9.80 Å². The molecule has 0 aliphatic carbocycles. The van der Waals surface area contributed by atoms with Crippen molar-refractivity contribution < 1.29 is 28.9 Å². The summed E-state index contributed by atoms with van der Waals surface area (Å²) >= 11 is 1.53. The number of nitro groups is 2. The molecular weight excluding hydrogens is 564 g/mol. The minimum Gasteiger partial charge on any atom is -0.493 e. The molecule has 12 nitrogen and oxygen atoms in total. The molecule has 2 aromatic carbocycles. The van der Waals surface area contributed by atoms with Gasteiger partial charge >= 0.3 is 0 Å². The zero-order valence-corrected chi connectivity index (χ0v) is 25.0. The first-order chi connectivity index (χ1) is 19.9. The number of aryl methyl sites for hydroxylation is 1. The minimum atomic E-state index is -0.791. The Balaban J connectivity index is 1.90. The van der Waals surface area contributed by atoms with Crippen LogP contribution in [0.25, 0.3) is 0 Å². The molecule has 0 N–H and O–H groups in total. The third kappa shape index (κ3) is 8.26. The molecule has 2 amide bonds. The summed E-state index contributed by atoms with van der Waals surface area (Å²) in [5.74, 6) is 0.0951. The van der Waals surface area contributed by atoms with Crippen LogP contribution in [0.2, 0.25) is 0 Å². The second-order valence-corrected chi connectivity index (χ2v) is 11.1. The normalized spacial score (nSPS) is 10.8. The largest absolute Gasteiger partial charge is 0.493 e. The van der Waals surface area contributed by atoms with Gasteiger partial charge in [0, 0.05) is 30.1 Å². The van der Waals surface area contributed by atoms with Crippen LogP contribution in [0.15, 0.2) is 47.8 Å². The molecule has 0 bridgehead atoms. The van der Waals surface area contributed by atoms with Crippen molar-refractivity contribution in [3.63, 3.8) is 0 Å². The molecule has 13 heteroatoms. The number of nitro benzene ring substituents is 2. The number of methoxy groups -OCH3 is 2. The van der Waals surface area contributed by atoms with E-state index in [2.05, 4.69) is 0 Å². The highest BCUT2D eigenvalue weighted by Gasteiger charge is 2.27. The van der Waals surface area contributed by atoms with E-state index in [1.807, 2.05) is 44.4 Å². The average molecular weight is 599 g/mol. The van der Waals surface area contributed by atoms with Crippen LogP contribution in [-0.4, -0.2) is 65.3 Å². The van der Waals surface area contributed by atoms with Crippen LogP contribution in [0.5, 0.6) is 11.5 Å². The number of non-ortho nitro benzene ring substituents is 2. The number of nitrogens with zero attached hydrogens (tertiary/aromatic N) is 4. The van der Waals surface area contributed by atoms with Gasteiger partial charge in [-0.3, -0.25) is 29.8 Å². The lowest BCUT2D eigenvalue weighted by molar-refractivity contribution is -0.394. The Bertz CT molecular complexity index is 1420. The lowest BCUT2D eigenvalue weighted by atomic mass is 10.1. The van der Waals surface area contributed by atoms with Gasteiger partial charge in [-0.25, -0.2) is 0 Å². The summed E-state index contributed by atoms with van der Waals surface area (Å²) in [6.07, 6.45) is 0.506. The van der Waals surface area contributed by atoms with Crippen LogP contribution in [-0.2, 0) is 17.8 Å². The minimum absolute atomic E-state index is 0.0461. The molecule has 0 aliphatic rings. The Hall–Kier alpha value is -4.52. The monoisotopic (exact) mass is 598 g/mol. The van der Waals surface area contributed by atoms with Crippen molar-refractivity contribution in [2.24, 2.45) is 5.92 Å². The first-order valence-corrected chi connectivity index (χ1v) is 14.1. The molecule has 224 valence electrons. The van der Waals surface area contributed by atoms with Crippen molar-refractivity contribution in [2.45, 2.75) is 33.7 Å². The Morgan fingerprint density at radius 1 is 0.929 bits per heavy atom. The molecular formula is C29H34N4O8S. The van der Waals surface area contributed by atoms with Gasteiger partial charge in [-0.1, -0.05) is 19.9 Å². The van der Waals surface area contributed by atoms with E-state index in [9.17, 15) is 29.8 Å². The van der Waals surface area contributed by atoms with Crippen molar-refractivity contribution in [3.05, 3.63) is 89.6 Å². The maximum Gasteiger partial charge on any atom is 0.277 e. The van der Waals surface area contributed by atoms with Crippen LogP contribution in [0, 0.1) is 33.1 Å². The maximum absolute atomic E-state index is 13.8. The first-order valence-electron chi connectivity index (χ1n) is 13.2. The van der Waals surface area contributed by atoms with Crippen LogP contribution in [0.3, 0.4) is 0 Å². The fraction of sp³-hybridized carbons (Fsp3) is 0.379. The lowest BCUT2D eigenvalue weighted by Gasteiger charge is -2.29. The summed E-state index contributed by atoms with van der Waals surface area (Å²) in [4.78, 5) is 52.5. The zero-order valence-electron chi connectivity index (χ0n) is 24.2. The number of amides is 2. The van der Waals surface area contributed by atoms with Crippen LogP contribution in [0.1, 0.15) is 40.2 Å². The van der Waals surface area contributed by atoms with Crippen LogP contribution in [0.4, 0.5) is 11.4 Å². The van der Waals surface area contributed by atoms with Crippen molar-refractivity contribution in [1.29, 1.82) is 0 Å². The van der Waals surface area contributed by atoms with E-state index in [0.29, 0.717) is 31.0 Å². The average Bonchev–Trinajstić information content (AvgIpc) is 3.37. The predicted molar refractivity (Wildman–Crippen MR) is 158 cm³/mol. The predicted octanol–water partition coefficient (Wildman–Crippen LogP) is 5.26. The third-order valence-electron chi connectivity index (χ3n) is 6.54. The van der Waals surface area contributed by atoms with E-state index in [1.54, 1.807) is 25.2 Å². The number of rotatable bonds is 14. The van der Waals surface area contributed by atoms with E-state index < -0.39 is 27.1 Å².